The highest BCUT2D eigenvalue weighted by Gasteiger charge is 2.62. The van der Waals surface area contributed by atoms with Gasteiger partial charge in [-0.3, -0.25) is 4.79 Å². The third kappa shape index (κ3) is 4.98. The van der Waals surface area contributed by atoms with Gasteiger partial charge in [-0.15, -0.1) is 0 Å². The van der Waals surface area contributed by atoms with Crippen LogP contribution >= 0.6 is 0 Å². The summed E-state index contributed by atoms with van der Waals surface area (Å²) in [5.74, 6) is 5.00. The van der Waals surface area contributed by atoms with Gasteiger partial charge in [0.1, 0.15) is 5.78 Å². The van der Waals surface area contributed by atoms with E-state index in [1.165, 1.54) is 50.5 Å². The molecule has 4 aliphatic carbocycles. The highest BCUT2D eigenvalue weighted by atomic mass is 28.4. The lowest BCUT2D eigenvalue weighted by molar-refractivity contribution is -0.124. The first kappa shape index (κ1) is 28.6. The first-order chi connectivity index (χ1) is 16.6. The number of rotatable bonds is 7. The van der Waals surface area contributed by atoms with Crippen LogP contribution in [0.25, 0.3) is 0 Å². The highest BCUT2D eigenvalue weighted by molar-refractivity contribution is 6.74. The van der Waals surface area contributed by atoms with Crippen LogP contribution in [0.2, 0.25) is 18.1 Å². The molecule has 8 atom stereocenters. The predicted octanol–water partition coefficient (Wildman–Crippen LogP) is 9.60. The minimum atomic E-state index is -1.93. The van der Waals surface area contributed by atoms with Crippen LogP contribution in [0.5, 0.6) is 0 Å². The van der Waals surface area contributed by atoms with E-state index in [4.69, 9.17) is 4.43 Å². The average Bonchev–Trinajstić information content (AvgIpc) is 3.10. The fraction of sp³-hybridized carbons (Fsp3) is 0.909. The molecule has 2 nitrogen and oxygen atoms in total. The van der Waals surface area contributed by atoms with Crippen molar-refractivity contribution < 1.29 is 9.22 Å². The van der Waals surface area contributed by atoms with Crippen molar-refractivity contribution in [2.45, 2.75) is 144 Å². The molecule has 3 heteroatoms. The lowest BCUT2D eigenvalue weighted by atomic mass is 9.46. The van der Waals surface area contributed by atoms with E-state index in [2.05, 4.69) is 74.6 Å². The standard InChI is InChI=1S/C33H58O2Si/c1-22(2)12-11-13-23(3)26-14-15-27-30-28(17-19-33(26,27)8)32(7)18-16-25(34)20-24(32)21-29(30)35-36(9,10)31(4,5)6/h21-23,26-30H,11-20H2,1-10H3/t23-,26-,27+,28+,29-,30?,32+,33-/m1/s1. The molecule has 0 saturated heterocycles. The van der Waals surface area contributed by atoms with Gasteiger partial charge >= 0.3 is 0 Å². The Labute approximate surface area is 224 Å². The van der Waals surface area contributed by atoms with Crippen molar-refractivity contribution in [3.05, 3.63) is 11.6 Å². The molecule has 4 aliphatic rings. The van der Waals surface area contributed by atoms with E-state index in [0.717, 1.165) is 36.5 Å². The summed E-state index contributed by atoms with van der Waals surface area (Å²) in [7, 11) is -1.93. The Morgan fingerprint density at radius 2 is 1.72 bits per heavy atom. The van der Waals surface area contributed by atoms with Crippen LogP contribution in [-0.4, -0.2) is 20.2 Å². The Kier molecular flexibility index (Phi) is 7.91. The maximum absolute atomic E-state index is 12.6. The molecule has 0 bridgehead atoms. The Bertz CT molecular complexity index is 850. The molecular weight excluding hydrogens is 456 g/mol. The molecule has 0 aromatic rings. The van der Waals surface area contributed by atoms with E-state index in [1.54, 1.807) is 0 Å². The fourth-order valence-corrected chi connectivity index (χ4v) is 10.4. The molecular formula is C33H58O2Si. The second kappa shape index (κ2) is 9.96. The summed E-state index contributed by atoms with van der Waals surface area (Å²) in [6.07, 6.45) is 14.9. The number of ketones is 1. The molecule has 4 rings (SSSR count). The van der Waals surface area contributed by atoms with Crippen LogP contribution in [0.15, 0.2) is 11.6 Å². The van der Waals surface area contributed by atoms with Gasteiger partial charge in [-0.25, -0.2) is 0 Å². The van der Waals surface area contributed by atoms with Gasteiger partial charge in [0.25, 0.3) is 0 Å². The first-order valence-electron chi connectivity index (χ1n) is 15.5. The highest BCUT2D eigenvalue weighted by Crippen LogP contribution is 2.67. The van der Waals surface area contributed by atoms with E-state index in [-0.39, 0.29) is 16.6 Å². The minimum Gasteiger partial charge on any atom is -0.410 e. The monoisotopic (exact) mass is 514 g/mol. The Balaban J connectivity index is 1.66. The molecule has 0 radical (unpaired) electrons. The van der Waals surface area contributed by atoms with Crippen LogP contribution in [0.1, 0.15) is 120 Å². The van der Waals surface area contributed by atoms with E-state index in [1.807, 2.05) is 0 Å². The molecule has 0 amide bonds. The molecule has 0 heterocycles. The number of allylic oxidation sites excluding steroid dienone is 1. The van der Waals surface area contributed by atoms with Crippen LogP contribution in [0.3, 0.4) is 0 Å². The first-order valence-corrected chi connectivity index (χ1v) is 18.4. The number of Topliss-reactive ketones (excluding diaryl/α,β-unsaturated/α-hetero) is 1. The van der Waals surface area contributed by atoms with Crippen molar-refractivity contribution in [3.63, 3.8) is 0 Å². The van der Waals surface area contributed by atoms with Crippen LogP contribution in [0.4, 0.5) is 0 Å². The van der Waals surface area contributed by atoms with E-state index >= 15 is 0 Å². The molecule has 36 heavy (non-hydrogen) atoms. The maximum atomic E-state index is 12.6. The SMILES string of the molecule is CC(C)CCC[C@@H](C)[C@H]1CC[C@H]2C3[C@H](O[Si](C)(C)C(C)(C)C)C=C4CC(=O)CC[C@]4(C)[C@H]3CC[C@]12C. The summed E-state index contributed by atoms with van der Waals surface area (Å²) >= 11 is 0. The molecule has 1 unspecified atom stereocenters. The lowest BCUT2D eigenvalue weighted by Crippen LogP contribution is -2.57. The van der Waals surface area contributed by atoms with Crippen molar-refractivity contribution in [2.75, 3.05) is 0 Å². The zero-order valence-electron chi connectivity index (χ0n) is 25.5. The second-order valence-corrected chi connectivity index (χ2v) is 20.7. The normalized spacial score (nSPS) is 39.9. The fourth-order valence-electron chi connectivity index (χ4n) is 9.09. The average molecular weight is 515 g/mol. The summed E-state index contributed by atoms with van der Waals surface area (Å²) in [6.45, 7) is 24.5. The Morgan fingerprint density at radius 3 is 2.36 bits per heavy atom. The molecule has 206 valence electrons. The van der Waals surface area contributed by atoms with Crippen molar-refractivity contribution in [1.82, 2.24) is 0 Å². The molecule has 0 N–H and O–H groups in total. The van der Waals surface area contributed by atoms with Crippen LogP contribution in [-0.2, 0) is 9.22 Å². The molecule has 3 saturated carbocycles. The van der Waals surface area contributed by atoms with Gasteiger partial charge < -0.3 is 4.43 Å². The van der Waals surface area contributed by atoms with E-state index < -0.39 is 8.32 Å². The summed E-state index contributed by atoms with van der Waals surface area (Å²) in [6, 6.07) is 0. The summed E-state index contributed by atoms with van der Waals surface area (Å²) < 4.78 is 7.33. The van der Waals surface area contributed by atoms with Gasteiger partial charge in [-0.05, 0) is 96.6 Å². The van der Waals surface area contributed by atoms with Crippen LogP contribution < -0.4 is 0 Å². The van der Waals surface area contributed by atoms with Gasteiger partial charge in [0.2, 0.25) is 0 Å². The molecule has 0 aromatic heterocycles. The largest absolute Gasteiger partial charge is 0.410 e. The molecule has 0 spiro atoms. The minimum absolute atomic E-state index is 0.199. The van der Waals surface area contributed by atoms with Gasteiger partial charge in [0, 0.05) is 12.8 Å². The lowest BCUT2D eigenvalue weighted by Gasteiger charge is -2.60. The molecule has 0 aromatic carbocycles. The third-order valence-electron chi connectivity index (χ3n) is 12.4. The number of hydrogen-bond acceptors (Lipinski definition) is 2. The number of carbonyl (C=O) groups is 1. The van der Waals surface area contributed by atoms with Crippen molar-refractivity contribution in [3.8, 4) is 0 Å². The van der Waals surface area contributed by atoms with Crippen molar-refractivity contribution in [1.29, 1.82) is 0 Å². The van der Waals surface area contributed by atoms with Gasteiger partial charge in [0.05, 0.1) is 6.10 Å². The molecule has 0 aliphatic heterocycles. The Hall–Kier alpha value is -0.413. The predicted molar refractivity (Wildman–Crippen MR) is 156 cm³/mol. The van der Waals surface area contributed by atoms with Crippen molar-refractivity contribution in [2.24, 2.45) is 46.3 Å². The Morgan fingerprint density at radius 1 is 1.03 bits per heavy atom. The number of hydrogen-bond donors (Lipinski definition) is 0. The zero-order valence-corrected chi connectivity index (χ0v) is 26.5. The number of carbonyl (C=O) groups excluding carboxylic acids is 1. The maximum Gasteiger partial charge on any atom is 0.192 e. The topological polar surface area (TPSA) is 26.3 Å². The van der Waals surface area contributed by atoms with E-state index in [9.17, 15) is 4.79 Å². The summed E-state index contributed by atoms with van der Waals surface area (Å²) in [4.78, 5) is 12.6. The van der Waals surface area contributed by atoms with E-state index in [0.29, 0.717) is 29.5 Å². The van der Waals surface area contributed by atoms with Crippen LogP contribution in [0, 0.1) is 46.3 Å². The van der Waals surface area contributed by atoms with Gasteiger partial charge in [0.15, 0.2) is 8.32 Å². The summed E-state index contributed by atoms with van der Waals surface area (Å²) in [5.41, 5.74) is 2.08. The zero-order chi connectivity index (χ0) is 26.7. The smallest absolute Gasteiger partial charge is 0.192 e. The summed E-state index contributed by atoms with van der Waals surface area (Å²) in [5, 5.41) is 0.200. The molecule has 3 fully saturated rings. The second-order valence-electron chi connectivity index (χ2n) is 16.0. The van der Waals surface area contributed by atoms with Gasteiger partial charge in [-0.1, -0.05) is 86.3 Å². The van der Waals surface area contributed by atoms with Gasteiger partial charge in [-0.2, -0.15) is 0 Å². The third-order valence-corrected chi connectivity index (χ3v) is 16.9. The quantitative estimate of drug-likeness (QED) is 0.250. The van der Waals surface area contributed by atoms with Crippen molar-refractivity contribution >= 4 is 14.1 Å². The number of fused-ring (bicyclic) bond motifs is 5.